The minimum Gasteiger partial charge on any atom is -0.492 e. The predicted octanol–water partition coefficient (Wildman–Crippen LogP) is 4.44. The average molecular weight is 553 g/mol. The highest BCUT2D eigenvalue weighted by Crippen LogP contribution is 2.24. The molecule has 7 heteroatoms. The van der Waals surface area contributed by atoms with Gasteiger partial charge in [-0.15, -0.1) is 24.0 Å². The second-order valence-corrected chi connectivity index (χ2v) is 8.64. The van der Waals surface area contributed by atoms with Crippen molar-refractivity contribution in [2.24, 2.45) is 4.99 Å². The molecule has 0 radical (unpaired) electrons. The molecular weight excluding hydrogens is 515 g/mol. The lowest BCUT2D eigenvalue weighted by Gasteiger charge is -2.19. The zero-order valence-corrected chi connectivity index (χ0v) is 22.4. The molecule has 0 heterocycles. The van der Waals surface area contributed by atoms with E-state index in [1.165, 1.54) is 5.56 Å². The number of halogens is 1. The van der Waals surface area contributed by atoms with Crippen molar-refractivity contribution < 1.29 is 9.53 Å². The molecular formula is C25H37IN4O2. The lowest BCUT2D eigenvalue weighted by molar-refractivity contribution is 0.0827. The summed E-state index contributed by atoms with van der Waals surface area (Å²) < 4.78 is 5.84. The third-order valence-corrected chi connectivity index (χ3v) is 4.75. The average Bonchev–Trinajstić information content (AvgIpc) is 2.74. The SMILES string of the molecule is CCNC(=NCc1ccc(C(=O)N(C)C)cc1)NCCOc1ccc(C(C)(C)C)cc1.I. The number of carbonyl (C=O) groups is 1. The molecule has 0 aromatic heterocycles. The van der Waals surface area contributed by atoms with Gasteiger partial charge in [0.05, 0.1) is 13.1 Å². The number of amides is 1. The van der Waals surface area contributed by atoms with Gasteiger partial charge < -0.3 is 20.3 Å². The van der Waals surface area contributed by atoms with Crippen molar-refractivity contribution in [3.05, 3.63) is 65.2 Å². The molecule has 6 nitrogen and oxygen atoms in total. The Bertz CT molecular complexity index is 857. The Morgan fingerprint density at radius 3 is 2.16 bits per heavy atom. The Labute approximate surface area is 209 Å². The molecule has 0 aliphatic heterocycles. The molecule has 2 N–H and O–H groups in total. The van der Waals surface area contributed by atoms with E-state index in [4.69, 9.17) is 4.74 Å². The third kappa shape index (κ3) is 9.06. The Morgan fingerprint density at radius 2 is 1.62 bits per heavy atom. The summed E-state index contributed by atoms with van der Waals surface area (Å²) in [4.78, 5) is 18.2. The fraction of sp³-hybridized carbons (Fsp3) is 0.440. The molecule has 176 valence electrons. The Kier molecular flexibility index (Phi) is 11.5. The number of aliphatic imine (C=N–C) groups is 1. The van der Waals surface area contributed by atoms with Gasteiger partial charge in [0.15, 0.2) is 5.96 Å². The number of nitrogens with zero attached hydrogens (tertiary/aromatic N) is 2. The number of benzene rings is 2. The van der Waals surface area contributed by atoms with Gasteiger partial charge in [0.1, 0.15) is 12.4 Å². The molecule has 0 saturated heterocycles. The standard InChI is InChI=1S/C25H36N4O2.HI/c1-7-26-24(28-18-19-8-10-20(11-9-19)23(30)29(5)6)27-16-17-31-22-14-12-21(13-15-22)25(2,3)4;/h8-15H,7,16-18H2,1-6H3,(H2,26,27,28);1H. The van der Waals surface area contributed by atoms with Crippen molar-refractivity contribution in [3.8, 4) is 5.75 Å². The molecule has 0 aliphatic rings. The van der Waals surface area contributed by atoms with Crippen molar-refractivity contribution >= 4 is 35.8 Å². The van der Waals surface area contributed by atoms with E-state index >= 15 is 0 Å². The van der Waals surface area contributed by atoms with E-state index < -0.39 is 0 Å². The summed E-state index contributed by atoms with van der Waals surface area (Å²) in [5, 5.41) is 6.54. The van der Waals surface area contributed by atoms with Crippen LogP contribution >= 0.6 is 24.0 Å². The quantitative estimate of drug-likeness (QED) is 0.220. The number of carbonyl (C=O) groups excluding carboxylic acids is 1. The summed E-state index contributed by atoms with van der Waals surface area (Å²) >= 11 is 0. The zero-order valence-electron chi connectivity index (χ0n) is 20.1. The number of hydrogen-bond donors (Lipinski definition) is 2. The second-order valence-electron chi connectivity index (χ2n) is 8.64. The summed E-state index contributed by atoms with van der Waals surface area (Å²) in [6.45, 7) is 11.1. The third-order valence-electron chi connectivity index (χ3n) is 4.75. The molecule has 1 amide bonds. The van der Waals surface area contributed by atoms with Crippen LogP contribution < -0.4 is 15.4 Å². The van der Waals surface area contributed by atoms with Crippen molar-refractivity contribution in [3.63, 3.8) is 0 Å². The van der Waals surface area contributed by atoms with Crippen LogP contribution in [0.25, 0.3) is 0 Å². The van der Waals surface area contributed by atoms with Crippen LogP contribution in [-0.4, -0.2) is 50.6 Å². The summed E-state index contributed by atoms with van der Waals surface area (Å²) in [6.07, 6.45) is 0. The highest BCUT2D eigenvalue weighted by molar-refractivity contribution is 14.0. The fourth-order valence-electron chi connectivity index (χ4n) is 2.91. The maximum Gasteiger partial charge on any atom is 0.253 e. The molecule has 2 aromatic rings. The highest BCUT2D eigenvalue weighted by atomic mass is 127. The van der Waals surface area contributed by atoms with Gasteiger partial charge in [0, 0.05) is 26.2 Å². The lowest BCUT2D eigenvalue weighted by Crippen LogP contribution is -2.39. The van der Waals surface area contributed by atoms with Crippen LogP contribution in [-0.2, 0) is 12.0 Å². The normalized spacial score (nSPS) is 11.4. The first-order valence-corrected chi connectivity index (χ1v) is 10.8. The minimum atomic E-state index is -0.00176. The van der Waals surface area contributed by atoms with Gasteiger partial charge in [0.25, 0.3) is 5.91 Å². The minimum absolute atomic E-state index is 0. The van der Waals surface area contributed by atoms with E-state index in [9.17, 15) is 4.79 Å². The Hall–Kier alpha value is -2.29. The summed E-state index contributed by atoms with van der Waals surface area (Å²) in [6, 6.07) is 15.8. The number of ether oxygens (including phenoxy) is 1. The van der Waals surface area contributed by atoms with Gasteiger partial charge in [-0.2, -0.15) is 0 Å². The monoisotopic (exact) mass is 552 g/mol. The number of nitrogens with one attached hydrogen (secondary N) is 2. The van der Waals surface area contributed by atoms with E-state index in [0.717, 1.165) is 23.8 Å². The lowest BCUT2D eigenvalue weighted by atomic mass is 9.87. The first-order valence-electron chi connectivity index (χ1n) is 10.8. The molecule has 0 fully saturated rings. The zero-order chi connectivity index (χ0) is 22.9. The van der Waals surface area contributed by atoms with Crippen LogP contribution in [0.3, 0.4) is 0 Å². The maximum absolute atomic E-state index is 12.0. The Balaban J connectivity index is 0.00000512. The number of guanidine groups is 1. The van der Waals surface area contributed by atoms with Gasteiger partial charge >= 0.3 is 0 Å². The topological polar surface area (TPSA) is 66.0 Å². The molecule has 32 heavy (non-hydrogen) atoms. The van der Waals surface area contributed by atoms with E-state index in [-0.39, 0.29) is 35.3 Å². The van der Waals surface area contributed by atoms with Crippen LogP contribution in [0.15, 0.2) is 53.5 Å². The molecule has 0 unspecified atom stereocenters. The van der Waals surface area contributed by atoms with Gasteiger partial charge in [-0.1, -0.05) is 45.0 Å². The maximum atomic E-state index is 12.0. The van der Waals surface area contributed by atoms with Crippen LogP contribution in [0.4, 0.5) is 0 Å². The fourth-order valence-corrected chi connectivity index (χ4v) is 2.91. The van der Waals surface area contributed by atoms with Crippen LogP contribution in [0.1, 0.15) is 49.2 Å². The van der Waals surface area contributed by atoms with Gasteiger partial charge in [-0.25, -0.2) is 4.99 Å². The van der Waals surface area contributed by atoms with Gasteiger partial charge in [0.2, 0.25) is 0 Å². The number of rotatable bonds is 8. The van der Waals surface area contributed by atoms with E-state index in [2.05, 4.69) is 48.5 Å². The van der Waals surface area contributed by atoms with Crippen molar-refractivity contribution in [1.82, 2.24) is 15.5 Å². The van der Waals surface area contributed by atoms with E-state index in [1.807, 2.05) is 43.3 Å². The smallest absolute Gasteiger partial charge is 0.253 e. The molecule has 0 atom stereocenters. The summed E-state index contributed by atoms with van der Waals surface area (Å²) in [7, 11) is 3.50. The van der Waals surface area contributed by atoms with Crippen molar-refractivity contribution in [1.29, 1.82) is 0 Å². The first kappa shape index (κ1) is 27.7. The van der Waals surface area contributed by atoms with Crippen LogP contribution in [0, 0.1) is 0 Å². The molecule has 0 spiro atoms. The summed E-state index contributed by atoms with van der Waals surface area (Å²) in [5.74, 6) is 1.60. The van der Waals surface area contributed by atoms with Crippen molar-refractivity contribution in [2.75, 3.05) is 33.8 Å². The molecule has 0 aliphatic carbocycles. The van der Waals surface area contributed by atoms with Gasteiger partial charge in [-0.3, -0.25) is 4.79 Å². The largest absolute Gasteiger partial charge is 0.492 e. The first-order chi connectivity index (χ1) is 14.7. The molecule has 0 bridgehead atoms. The van der Waals surface area contributed by atoms with Gasteiger partial charge in [-0.05, 0) is 47.7 Å². The number of hydrogen-bond acceptors (Lipinski definition) is 3. The Morgan fingerprint density at radius 1 is 1.00 bits per heavy atom. The molecule has 2 aromatic carbocycles. The van der Waals surface area contributed by atoms with E-state index in [1.54, 1.807) is 19.0 Å². The van der Waals surface area contributed by atoms with Crippen LogP contribution in [0.5, 0.6) is 5.75 Å². The second kappa shape index (κ2) is 13.3. The van der Waals surface area contributed by atoms with E-state index in [0.29, 0.717) is 25.3 Å². The highest BCUT2D eigenvalue weighted by Gasteiger charge is 2.13. The van der Waals surface area contributed by atoms with Crippen LogP contribution in [0.2, 0.25) is 0 Å². The molecule has 2 rings (SSSR count). The summed E-state index contributed by atoms with van der Waals surface area (Å²) in [5.41, 5.74) is 3.15. The predicted molar refractivity (Wildman–Crippen MR) is 143 cm³/mol. The van der Waals surface area contributed by atoms with Crippen molar-refractivity contribution in [2.45, 2.75) is 39.7 Å². The molecule has 0 saturated carbocycles.